The van der Waals surface area contributed by atoms with E-state index < -0.39 is 0 Å². The van der Waals surface area contributed by atoms with E-state index in [0.717, 1.165) is 29.9 Å². The summed E-state index contributed by atoms with van der Waals surface area (Å²) >= 11 is 0. The van der Waals surface area contributed by atoms with Crippen LogP contribution in [0.4, 0.5) is 11.8 Å². The number of rotatable bonds is 5. The fourth-order valence-corrected chi connectivity index (χ4v) is 3.13. The molecular formula is C17H22N6O2. The molecule has 2 aromatic rings. The number of likely N-dealkylation sites (tertiary alicyclic amines) is 1. The van der Waals surface area contributed by atoms with Crippen molar-refractivity contribution >= 4 is 17.7 Å². The van der Waals surface area contributed by atoms with Crippen molar-refractivity contribution in [2.24, 2.45) is 0 Å². The van der Waals surface area contributed by atoms with Gasteiger partial charge in [0.05, 0.1) is 6.04 Å². The van der Waals surface area contributed by atoms with E-state index in [1.54, 1.807) is 17.3 Å². The minimum atomic E-state index is -0.121. The summed E-state index contributed by atoms with van der Waals surface area (Å²) in [6.45, 7) is 4.60. The summed E-state index contributed by atoms with van der Waals surface area (Å²) in [5.74, 6) is 1.02. The summed E-state index contributed by atoms with van der Waals surface area (Å²) in [7, 11) is 1.52. The molecule has 8 nitrogen and oxygen atoms in total. The van der Waals surface area contributed by atoms with Crippen molar-refractivity contribution in [1.82, 2.24) is 24.8 Å². The Morgan fingerprint density at radius 2 is 2.00 bits per heavy atom. The molecule has 0 spiro atoms. The standard InChI is InChI=1S/C17H22N6O2/c1-11-9-12(2)21-17(20-11)22-16-15(18-6-7-19-16)13-5-4-8-23(13)14(24)10-25-3/h6-7,9,13H,4-5,8,10H2,1-3H3,(H,19,20,21,22)/t13-/m0/s1. The van der Waals surface area contributed by atoms with Crippen LogP contribution in [0.15, 0.2) is 18.5 Å². The summed E-state index contributed by atoms with van der Waals surface area (Å²) in [6, 6.07) is 1.79. The lowest BCUT2D eigenvalue weighted by atomic mass is 10.1. The largest absolute Gasteiger partial charge is 0.375 e. The summed E-state index contributed by atoms with van der Waals surface area (Å²) in [4.78, 5) is 31.8. The van der Waals surface area contributed by atoms with Gasteiger partial charge in [0.1, 0.15) is 12.3 Å². The Morgan fingerprint density at radius 1 is 1.28 bits per heavy atom. The summed E-state index contributed by atoms with van der Waals surface area (Å²) < 4.78 is 4.99. The van der Waals surface area contributed by atoms with Crippen LogP contribution in [0.25, 0.3) is 0 Å². The van der Waals surface area contributed by atoms with Crippen LogP contribution in [-0.4, -0.2) is 51.0 Å². The number of aryl methyl sites for hydroxylation is 2. The second kappa shape index (κ2) is 7.52. The third-order valence-corrected chi connectivity index (χ3v) is 4.10. The fraction of sp³-hybridized carbons (Fsp3) is 0.471. The molecule has 0 unspecified atom stereocenters. The predicted octanol–water partition coefficient (Wildman–Crippen LogP) is 1.94. The van der Waals surface area contributed by atoms with E-state index in [1.807, 2.05) is 19.9 Å². The SMILES string of the molecule is COCC(=O)N1CCC[C@H]1c1nccnc1Nc1nc(C)cc(C)n1. The summed E-state index contributed by atoms with van der Waals surface area (Å²) in [5.41, 5.74) is 2.48. The Kier molecular flexibility index (Phi) is 5.18. The number of hydrogen-bond donors (Lipinski definition) is 1. The van der Waals surface area contributed by atoms with Gasteiger partial charge in [0.2, 0.25) is 11.9 Å². The van der Waals surface area contributed by atoms with Gasteiger partial charge >= 0.3 is 0 Å². The molecule has 1 aliphatic rings. The molecule has 3 rings (SSSR count). The van der Waals surface area contributed by atoms with Gasteiger partial charge in [-0.25, -0.2) is 15.0 Å². The molecule has 0 aromatic carbocycles. The van der Waals surface area contributed by atoms with Crippen molar-refractivity contribution in [1.29, 1.82) is 0 Å². The zero-order chi connectivity index (χ0) is 17.8. The van der Waals surface area contributed by atoms with Crippen LogP contribution in [-0.2, 0) is 9.53 Å². The molecule has 0 bridgehead atoms. The smallest absolute Gasteiger partial charge is 0.249 e. The second-order valence-electron chi connectivity index (χ2n) is 6.07. The highest BCUT2D eigenvalue weighted by molar-refractivity contribution is 5.78. The minimum Gasteiger partial charge on any atom is -0.375 e. The van der Waals surface area contributed by atoms with Crippen molar-refractivity contribution in [2.45, 2.75) is 32.7 Å². The maximum absolute atomic E-state index is 12.3. The first-order chi connectivity index (χ1) is 12.1. The van der Waals surface area contributed by atoms with Gasteiger partial charge in [-0.2, -0.15) is 0 Å². The van der Waals surface area contributed by atoms with Crippen LogP contribution in [0.1, 0.15) is 36.0 Å². The van der Waals surface area contributed by atoms with Crippen LogP contribution in [0.2, 0.25) is 0 Å². The van der Waals surface area contributed by atoms with Gasteiger partial charge in [-0.3, -0.25) is 9.78 Å². The Morgan fingerprint density at radius 3 is 2.72 bits per heavy atom. The fourth-order valence-electron chi connectivity index (χ4n) is 3.13. The number of carbonyl (C=O) groups excluding carboxylic acids is 1. The molecule has 0 aliphatic carbocycles. The molecule has 0 radical (unpaired) electrons. The zero-order valence-corrected chi connectivity index (χ0v) is 14.7. The molecule has 1 amide bonds. The van der Waals surface area contributed by atoms with Crippen molar-refractivity contribution in [3.63, 3.8) is 0 Å². The number of aromatic nitrogens is 4. The van der Waals surface area contributed by atoms with Crippen molar-refractivity contribution in [3.8, 4) is 0 Å². The third kappa shape index (κ3) is 3.90. The average Bonchev–Trinajstić information content (AvgIpc) is 3.04. The quantitative estimate of drug-likeness (QED) is 0.887. The van der Waals surface area contributed by atoms with Gasteiger partial charge in [0, 0.05) is 37.4 Å². The van der Waals surface area contributed by atoms with Crippen LogP contribution in [0.3, 0.4) is 0 Å². The minimum absolute atomic E-state index is 0.0377. The third-order valence-electron chi connectivity index (χ3n) is 4.10. The van der Waals surface area contributed by atoms with Gasteiger partial charge in [0.25, 0.3) is 0 Å². The highest BCUT2D eigenvalue weighted by Crippen LogP contribution is 2.34. The van der Waals surface area contributed by atoms with Gasteiger partial charge in [-0.15, -0.1) is 0 Å². The highest BCUT2D eigenvalue weighted by Gasteiger charge is 2.32. The Hall–Kier alpha value is -2.61. The van der Waals surface area contributed by atoms with E-state index in [-0.39, 0.29) is 18.6 Å². The number of anilines is 2. The van der Waals surface area contributed by atoms with Crippen LogP contribution in [0, 0.1) is 13.8 Å². The van der Waals surface area contributed by atoms with Crippen molar-refractivity contribution in [3.05, 3.63) is 35.5 Å². The molecule has 1 N–H and O–H groups in total. The predicted molar refractivity (Wildman–Crippen MR) is 92.4 cm³/mol. The number of hydrogen-bond acceptors (Lipinski definition) is 7. The Labute approximate surface area is 146 Å². The van der Waals surface area contributed by atoms with E-state index >= 15 is 0 Å². The molecule has 25 heavy (non-hydrogen) atoms. The van der Waals surface area contributed by atoms with Crippen LogP contribution >= 0.6 is 0 Å². The van der Waals surface area contributed by atoms with Gasteiger partial charge < -0.3 is 15.0 Å². The molecule has 8 heteroatoms. The number of nitrogens with one attached hydrogen (secondary N) is 1. The zero-order valence-electron chi connectivity index (χ0n) is 14.7. The van der Waals surface area contributed by atoms with Crippen molar-refractivity contribution in [2.75, 3.05) is 25.6 Å². The molecule has 2 aromatic heterocycles. The lowest BCUT2D eigenvalue weighted by molar-refractivity contribution is -0.136. The summed E-state index contributed by atoms with van der Waals surface area (Å²) in [5, 5.41) is 3.16. The molecule has 3 heterocycles. The molecule has 132 valence electrons. The summed E-state index contributed by atoms with van der Waals surface area (Å²) in [6.07, 6.45) is 5.03. The Balaban J connectivity index is 1.89. The first-order valence-electron chi connectivity index (χ1n) is 8.27. The first kappa shape index (κ1) is 17.2. The monoisotopic (exact) mass is 342 g/mol. The molecular weight excluding hydrogens is 320 g/mol. The number of methoxy groups -OCH3 is 1. The average molecular weight is 342 g/mol. The topological polar surface area (TPSA) is 93.1 Å². The number of amides is 1. The number of carbonyl (C=O) groups is 1. The molecule has 1 saturated heterocycles. The number of ether oxygens (including phenoxy) is 1. The lowest BCUT2D eigenvalue weighted by Gasteiger charge is -2.25. The maximum atomic E-state index is 12.3. The number of nitrogens with zero attached hydrogens (tertiary/aromatic N) is 5. The van der Waals surface area contributed by atoms with Crippen LogP contribution in [0.5, 0.6) is 0 Å². The first-order valence-corrected chi connectivity index (χ1v) is 8.27. The van der Waals surface area contributed by atoms with E-state index in [9.17, 15) is 4.79 Å². The van der Waals surface area contributed by atoms with E-state index in [1.165, 1.54) is 7.11 Å². The maximum Gasteiger partial charge on any atom is 0.249 e. The second-order valence-corrected chi connectivity index (χ2v) is 6.07. The van der Waals surface area contributed by atoms with E-state index in [4.69, 9.17) is 4.74 Å². The Bertz CT molecular complexity index is 746. The van der Waals surface area contributed by atoms with Gasteiger partial charge in [-0.1, -0.05) is 0 Å². The highest BCUT2D eigenvalue weighted by atomic mass is 16.5. The molecule has 1 fully saturated rings. The van der Waals surface area contributed by atoms with Crippen LogP contribution < -0.4 is 5.32 Å². The molecule has 1 atom stereocenters. The molecule has 1 aliphatic heterocycles. The van der Waals surface area contributed by atoms with E-state index in [2.05, 4.69) is 25.3 Å². The van der Waals surface area contributed by atoms with Gasteiger partial charge in [0.15, 0.2) is 5.82 Å². The van der Waals surface area contributed by atoms with Crippen molar-refractivity contribution < 1.29 is 9.53 Å². The molecule has 0 saturated carbocycles. The lowest BCUT2D eigenvalue weighted by Crippen LogP contribution is -2.34. The normalized spacial score (nSPS) is 16.9. The van der Waals surface area contributed by atoms with Gasteiger partial charge in [-0.05, 0) is 32.8 Å². The van der Waals surface area contributed by atoms with E-state index in [0.29, 0.717) is 18.3 Å².